The molecule has 30 heavy (non-hydrogen) atoms. The maximum absolute atomic E-state index is 6.02. The van der Waals surface area contributed by atoms with Crippen molar-refractivity contribution < 1.29 is 4.74 Å². The predicted molar refractivity (Wildman–Crippen MR) is 143 cm³/mol. The number of nitrogens with zero attached hydrogens (tertiary/aromatic N) is 2. The molecule has 0 saturated carbocycles. The second-order valence-electron chi connectivity index (χ2n) is 9.91. The standard InChI is InChI=1S/C23H41BIN3OP/c1-22(2,19-30-24-25)18-23(3,4)20-6-8-21(9-7-20)29-17-5-11-27-13-15-28(12-10-26)16-14-27/h6-9,30H,5,10-19,26H2,1-4H3. The molecular formula is C23H41BIN3OP. The molecule has 1 aromatic rings. The van der Waals surface area contributed by atoms with Crippen molar-refractivity contribution in [1.29, 1.82) is 0 Å². The first-order chi connectivity index (χ1) is 14.3. The van der Waals surface area contributed by atoms with Gasteiger partial charge in [0.05, 0.1) is 6.61 Å². The van der Waals surface area contributed by atoms with E-state index in [-0.39, 0.29) is 5.41 Å². The molecule has 0 spiro atoms. The third-order valence-corrected chi connectivity index (χ3v) is 8.65. The van der Waals surface area contributed by atoms with E-state index in [4.69, 9.17) is 10.5 Å². The third-order valence-electron chi connectivity index (χ3n) is 6.01. The normalized spacial score (nSPS) is 17.0. The summed E-state index contributed by atoms with van der Waals surface area (Å²) in [4.78, 5) is 7.28. The molecule has 1 aliphatic rings. The average molecular weight is 544 g/mol. The quantitative estimate of drug-likeness (QED) is 0.173. The Hall–Kier alpha value is 0.125. The summed E-state index contributed by atoms with van der Waals surface area (Å²) in [5.74, 6) is 0.988. The van der Waals surface area contributed by atoms with Crippen LogP contribution in [0.3, 0.4) is 0 Å². The van der Waals surface area contributed by atoms with Crippen LogP contribution in [0.15, 0.2) is 24.3 Å². The van der Waals surface area contributed by atoms with E-state index >= 15 is 0 Å². The molecule has 1 fully saturated rings. The van der Waals surface area contributed by atoms with Crippen LogP contribution in [0.2, 0.25) is 0 Å². The van der Waals surface area contributed by atoms with E-state index < -0.39 is 0 Å². The molecule has 1 aliphatic heterocycles. The Morgan fingerprint density at radius 2 is 1.63 bits per heavy atom. The van der Waals surface area contributed by atoms with E-state index in [0.29, 0.717) is 5.41 Å². The minimum Gasteiger partial charge on any atom is -0.494 e. The summed E-state index contributed by atoms with van der Waals surface area (Å²) < 4.78 is 6.02. The molecule has 4 nitrogen and oxygen atoms in total. The lowest BCUT2D eigenvalue weighted by atomic mass is 9.72. The number of benzene rings is 1. The Labute approximate surface area is 200 Å². The Kier molecular flexibility index (Phi) is 11.4. The monoisotopic (exact) mass is 544 g/mol. The van der Waals surface area contributed by atoms with E-state index in [2.05, 4.69) is 89.0 Å². The van der Waals surface area contributed by atoms with Crippen molar-refractivity contribution in [3.63, 3.8) is 0 Å². The molecule has 2 rings (SSSR count). The topological polar surface area (TPSA) is 41.7 Å². The van der Waals surface area contributed by atoms with E-state index in [1.807, 2.05) is 0 Å². The lowest BCUT2D eigenvalue weighted by Gasteiger charge is -2.35. The molecule has 1 radical (unpaired) electrons. The number of rotatable bonds is 13. The van der Waals surface area contributed by atoms with Gasteiger partial charge in [0, 0.05) is 45.8 Å². The summed E-state index contributed by atoms with van der Waals surface area (Å²) in [6.07, 6.45) is 3.53. The lowest BCUT2D eigenvalue weighted by Crippen LogP contribution is -2.48. The van der Waals surface area contributed by atoms with E-state index in [1.54, 1.807) is 0 Å². The van der Waals surface area contributed by atoms with Crippen molar-refractivity contribution in [2.45, 2.75) is 46.0 Å². The molecule has 0 amide bonds. The second-order valence-corrected chi connectivity index (χ2v) is 12.8. The van der Waals surface area contributed by atoms with E-state index in [1.165, 1.54) is 18.1 Å². The summed E-state index contributed by atoms with van der Waals surface area (Å²) in [5.41, 5.74) is 7.58. The maximum atomic E-state index is 6.02. The molecule has 1 heterocycles. The van der Waals surface area contributed by atoms with E-state index in [0.717, 1.165) is 73.0 Å². The molecule has 169 valence electrons. The summed E-state index contributed by atoms with van der Waals surface area (Å²) in [6, 6.07) is 8.82. The van der Waals surface area contributed by atoms with Gasteiger partial charge in [-0.2, -0.15) is 22.4 Å². The number of halogens is 1. The van der Waals surface area contributed by atoms with Gasteiger partial charge in [-0.05, 0) is 47.5 Å². The van der Waals surface area contributed by atoms with Gasteiger partial charge in [-0.25, -0.2) is 0 Å². The van der Waals surface area contributed by atoms with Crippen LogP contribution in [0.4, 0.5) is 0 Å². The van der Waals surface area contributed by atoms with Crippen molar-refractivity contribution in [3.05, 3.63) is 29.8 Å². The summed E-state index contributed by atoms with van der Waals surface area (Å²) in [6.45, 7) is 17.8. The highest BCUT2D eigenvalue weighted by atomic mass is 127. The van der Waals surface area contributed by atoms with Crippen molar-refractivity contribution in [3.8, 4) is 5.75 Å². The molecule has 7 heteroatoms. The Morgan fingerprint density at radius 1 is 1.03 bits per heavy atom. The molecule has 0 bridgehead atoms. The summed E-state index contributed by atoms with van der Waals surface area (Å²) in [7, 11) is 0.938. The largest absolute Gasteiger partial charge is 0.494 e. The molecule has 0 aromatic heterocycles. The average Bonchev–Trinajstić information content (AvgIpc) is 2.71. The van der Waals surface area contributed by atoms with Gasteiger partial charge in [-0.3, -0.25) is 4.90 Å². The fourth-order valence-corrected chi connectivity index (χ4v) is 5.99. The van der Waals surface area contributed by atoms with Crippen molar-refractivity contribution in [2.24, 2.45) is 11.1 Å². The van der Waals surface area contributed by atoms with Crippen LogP contribution in [-0.2, 0) is 5.41 Å². The zero-order valence-corrected chi connectivity index (χ0v) is 22.6. The van der Waals surface area contributed by atoms with Crippen LogP contribution >= 0.6 is 30.8 Å². The zero-order valence-electron chi connectivity index (χ0n) is 19.4. The smallest absolute Gasteiger partial charge is 0.230 e. The number of piperazine rings is 1. The highest BCUT2D eigenvalue weighted by Gasteiger charge is 2.29. The molecule has 1 atom stereocenters. The van der Waals surface area contributed by atoms with Crippen molar-refractivity contribution >= 4 is 35.7 Å². The van der Waals surface area contributed by atoms with Crippen LogP contribution < -0.4 is 10.5 Å². The molecule has 1 saturated heterocycles. The first-order valence-corrected chi connectivity index (χ1v) is 13.8. The van der Waals surface area contributed by atoms with Gasteiger partial charge >= 0.3 is 0 Å². The predicted octanol–water partition coefficient (Wildman–Crippen LogP) is 4.37. The van der Waals surface area contributed by atoms with Gasteiger partial charge in [0.2, 0.25) is 4.86 Å². The van der Waals surface area contributed by atoms with E-state index in [9.17, 15) is 0 Å². The summed E-state index contributed by atoms with van der Waals surface area (Å²) >= 11 is 2.37. The fourth-order valence-electron chi connectivity index (χ4n) is 4.58. The summed E-state index contributed by atoms with van der Waals surface area (Å²) in [5, 5.41) is 0. The SMILES string of the molecule is CC(C)(CP[B]I)CC(C)(C)c1ccc(OCCCN2CCN(CCN)CC2)cc1. The number of hydrogen-bond acceptors (Lipinski definition) is 4. The highest BCUT2D eigenvalue weighted by Crippen LogP contribution is 2.40. The Morgan fingerprint density at radius 3 is 2.20 bits per heavy atom. The maximum Gasteiger partial charge on any atom is 0.230 e. The van der Waals surface area contributed by atoms with Gasteiger partial charge < -0.3 is 15.4 Å². The van der Waals surface area contributed by atoms with Gasteiger partial charge in [0.1, 0.15) is 5.75 Å². The van der Waals surface area contributed by atoms with Crippen molar-refractivity contribution in [1.82, 2.24) is 9.80 Å². The minimum absolute atomic E-state index is 0.170. The number of nitrogens with two attached hydrogens (primary N) is 1. The first kappa shape index (κ1) is 26.4. The number of hydrogen-bond donors (Lipinski definition) is 1. The molecular weight excluding hydrogens is 503 g/mol. The van der Waals surface area contributed by atoms with Crippen LogP contribution in [0.5, 0.6) is 5.75 Å². The zero-order chi connectivity index (χ0) is 22.0. The molecule has 1 aromatic carbocycles. The minimum atomic E-state index is 0.170. The van der Waals surface area contributed by atoms with Crippen LogP contribution in [-0.4, -0.2) is 73.2 Å². The second kappa shape index (κ2) is 13.0. The van der Waals surface area contributed by atoms with Crippen molar-refractivity contribution in [2.75, 3.05) is 58.6 Å². The Bertz CT molecular complexity index is 607. The van der Waals surface area contributed by atoms with Gasteiger partial charge in [0.25, 0.3) is 0 Å². The van der Waals surface area contributed by atoms with Crippen LogP contribution in [0.25, 0.3) is 0 Å². The molecule has 1 unspecified atom stereocenters. The fraction of sp³-hybridized carbons (Fsp3) is 0.739. The Balaban J connectivity index is 1.72. The lowest BCUT2D eigenvalue weighted by molar-refractivity contribution is 0.128. The van der Waals surface area contributed by atoms with Crippen LogP contribution in [0.1, 0.15) is 46.1 Å². The van der Waals surface area contributed by atoms with Gasteiger partial charge in [0.15, 0.2) is 0 Å². The highest BCUT2D eigenvalue weighted by molar-refractivity contribution is 14.1. The number of ether oxygens (including phenoxy) is 1. The molecule has 2 N–H and O–H groups in total. The molecule has 0 aliphatic carbocycles. The van der Waals surface area contributed by atoms with Gasteiger partial charge in [-0.15, -0.1) is 8.46 Å². The first-order valence-electron chi connectivity index (χ1n) is 11.3. The van der Waals surface area contributed by atoms with Gasteiger partial charge in [-0.1, -0.05) is 39.8 Å². The van der Waals surface area contributed by atoms with Crippen LogP contribution in [0, 0.1) is 5.41 Å². The third kappa shape index (κ3) is 9.32.